The molecule has 0 spiro atoms. The minimum absolute atomic E-state index is 0.427. The van der Waals surface area contributed by atoms with Gasteiger partial charge in [-0.1, -0.05) is 42.5 Å². The van der Waals surface area contributed by atoms with Gasteiger partial charge in [-0.3, -0.25) is 0 Å². The van der Waals surface area contributed by atoms with Crippen molar-refractivity contribution >= 4 is 14.0 Å². The van der Waals surface area contributed by atoms with Crippen molar-refractivity contribution in [1.29, 1.82) is 0 Å². The first-order valence-electron chi connectivity index (χ1n) is 4.72. The first-order valence-corrected chi connectivity index (χ1v) is 7.22. The highest BCUT2D eigenvalue weighted by atomic mass is 28.3. The molecule has 0 unspecified atom stereocenters. The maximum absolute atomic E-state index is 5.43. The molecule has 0 saturated heterocycles. The van der Waals surface area contributed by atoms with E-state index in [1.807, 2.05) is 12.1 Å². The molecule has 71 valence electrons. The average Bonchev–Trinajstić information content (AvgIpc) is 2.70. The number of hydrogen-bond donors (Lipinski definition) is 0. The number of hydrogen-bond acceptors (Lipinski definition) is 1. The monoisotopic (exact) mass is 201 g/mol. The predicted octanol–water partition coefficient (Wildman–Crippen LogP) is 2.91. The number of furan rings is 1. The van der Waals surface area contributed by atoms with E-state index >= 15 is 0 Å². The summed E-state index contributed by atoms with van der Waals surface area (Å²) < 4.78 is 5.43. The highest BCUT2D eigenvalue weighted by Gasteiger charge is 2.09. The lowest BCUT2D eigenvalue weighted by Crippen LogP contribution is -2.24. The fraction of sp³-hybridized carbons (Fsp3) is 0.167. The lowest BCUT2D eigenvalue weighted by Gasteiger charge is -2.08. The zero-order chi connectivity index (χ0) is 9.97. The van der Waals surface area contributed by atoms with Gasteiger partial charge >= 0.3 is 0 Å². The van der Waals surface area contributed by atoms with Crippen LogP contribution < -0.4 is 5.19 Å². The Morgan fingerprint density at radius 3 is 2.43 bits per heavy atom. The van der Waals surface area contributed by atoms with E-state index in [0.717, 1.165) is 5.76 Å². The molecule has 1 nitrogen and oxygen atoms in total. The molecule has 1 aromatic carbocycles. The first kappa shape index (κ1) is 9.28. The van der Waals surface area contributed by atoms with E-state index in [2.05, 4.69) is 37.4 Å². The Kier molecular flexibility index (Phi) is 2.55. The van der Waals surface area contributed by atoms with E-state index in [4.69, 9.17) is 4.42 Å². The van der Waals surface area contributed by atoms with Crippen molar-refractivity contribution in [2.24, 2.45) is 0 Å². The molecular formula is C12H13OSi. The molecule has 2 rings (SSSR count). The third-order valence-corrected chi connectivity index (χ3v) is 3.77. The lowest BCUT2D eigenvalue weighted by molar-refractivity contribution is 0.583. The third-order valence-electron chi connectivity index (χ3n) is 2.25. The summed E-state index contributed by atoms with van der Waals surface area (Å²) in [7, 11) is -0.427. The largest absolute Gasteiger partial charge is 0.464 e. The zero-order valence-corrected chi connectivity index (χ0v) is 9.45. The van der Waals surface area contributed by atoms with E-state index < -0.39 is 8.80 Å². The van der Waals surface area contributed by atoms with Crippen LogP contribution in [0.1, 0.15) is 0 Å². The molecule has 2 heteroatoms. The molecule has 0 aliphatic carbocycles. The van der Waals surface area contributed by atoms with Crippen LogP contribution in [0, 0.1) is 0 Å². The Balaban J connectivity index is 2.53. The van der Waals surface area contributed by atoms with Crippen LogP contribution in [0.4, 0.5) is 0 Å². The van der Waals surface area contributed by atoms with Crippen molar-refractivity contribution in [2.75, 3.05) is 0 Å². The molecule has 0 atom stereocenters. The van der Waals surface area contributed by atoms with Crippen molar-refractivity contribution in [2.45, 2.75) is 13.1 Å². The minimum Gasteiger partial charge on any atom is -0.464 e. The quantitative estimate of drug-likeness (QED) is 0.681. The minimum atomic E-state index is -0.427. The Labute approximate surface area is 86.0 Å². The number of benzene rings is 1. The molecule has 1 aromatic heterocycles. The molecular weight excluding hydrogens is 188 g/mol. The van der Waals surface area contributed by atoms with Crippen molar-refractivity contribution in [1.82, 2.24) is 0 Å². The third kappa shape index (κ3) is 1.66. The van der Waals surface area contributed by atoms with Gasteiger partial charge in [0.05, 0.1) is 15.1 Å². The van der Waals surface area contributed by atoms with Gasteiger partial charge in [-0.05, 0) is 12.1 Å². The predicted molar refractivity (Wildman–Crippen MR) is 61.3 cm³/mol. The summed E-state index contributed by atoms with van der Waals surface area (Å²) in [5.41, 5.74) is 1.25. The Hall–Kier alpha value is -1.28. The second-order valence-corrected chi connectivity index (χ2v) is 6.06. The van der Waals surface area contributed by atoms with E-state index in [-0.39, 0.29) is 0 Å². The van der Waals surface area contributed by atoms with Gasteiger partial charge in [-0.15, -0.1) is 0 Å². The molecule has 0 amide bonds. The standard InChI is InChI=1S/C12H13OSi/c1-14(2)12-8-4-3-6-10(12)11-7-5-9-13-11/h3-9H,1-2H3. The Morgan fingerprint density at radius 2 is 1.79 bits per heavy atom. The molecule has 14 heavy (non-hydrogen) atoms. The summed E-state index contributed by atoms with van der Waals surface area (Å²) in [4.78, 5) is 0. The summed E-state index contributed by atoms with van der Waals surface area (Å²) in [5.74, 6) is 0.979. The highest BCUT2D eigenvalue weighted by Crippen LogP contribution is 2.17. The maximum atomic E-state index is 5.43. The molecule has 0 N–H and O–H groups in total. The first-order chi connectivity index (χ1) is 6.79. The fourth-order valence-electron chi connectivity index (χ4n) is 1.57. The summed E-state index contributed by atoms with van der Waals surface area (Å²) in [6, 6.07) is 12.4. The summed E-state index contributed by atoms with van der Waals surface area (Å²) in [6.07, 6.45) is 1.73. The summed E-state index contributed by atoms with van der Waals surface area (Å²) in [6.45, 7) is 4.60. The molecule has 0 fully saturated rings. The molecule has 1 heterocycles. The number of rotatable bonds is 2. The van der Waals surface area contributed by atoms with Gasteiger partial charge in [-0.25, -0.2) is 0 Å². The molecule has 0 bridgehead atoms. The van der Waals surface area contributed by atoms with Gasteiger partial charge < -0.3 is 4.42 Å². The second kappa shape index (κ2) is 3.84. The van der Waals surface area contributed by atoms with Crippen LogP contribution in [-0.2, 0) is 0 Å². The normalized spacial score (nSPS) is 10.8. The van der Waals surface area contributed by atoms with Gasteiger partial charge in [-0.2, -0.15) is 0 Å². The Morgan fingerprint density at radius 1 is 1.00 bits per heavy atom. The van der Waals surface area contributed by atoms with Crippen molar-refractivity contribution in [3.8, 4) is 11.3 Å². The maximum Gasteiger partial charge on any atom is 0.133 e. The van der Waals surface area contributed by atoms with Crippen LogP contribution in [-0.4, -0.2) is 8.80 Å². The summed E-state index contributed by atoms with van der Waals surface area (Å²) >= 11 is 0. The van der Waals surface area contributed by atoms with Gasteiger partial charge in [0.1, 0.15) is 5.76 Å². The van der Waals surface area contributed by atoms with Crippen molar-refractivity contribution < 1.29 is 4.42 Å². The van der Waals surface area contributed by atoms with E-state index in [1.165, 1.54) is 10.8 Å². The lowest BCUT2D eigenvalue weighted by atomic mass is 10.2. The second-order valence-electron chi connectivity index (χ2n) is 3.52. The van der Waals surface area contributed by atoms with Crippen LogP contribution in [0.15, 0.2) is 47.1 Å². The SMILES string of the molecule is C[Si](C)c1ccccc1-c1ccco1. The molecule has 0 saturated carbocycles. The van der Waals surface area contributed by atoms with Crippen LogP contribution in [0.3, 0.4) is 0 Å². The van der Waals surface area contributed by atoms with Crippen LogP contribution in [0.25, 0.3) is 11.3 Å². The summed E-state index contributed by atoms with van der Waals surface area (Å²) in [5, 5.41) is 1.44. The van der Waals surface area contributed by atoms with E-state index in [9.17, 15) is 0 Å². The topological polar surface area (TPSA) is 13.1 Å². The van der Waals surface area contributed by atoms with Gasteiger partial charge in [0.25, 0.3) is 0 Å². The van der Waals surface area contributed by atoms with Crippen LogP contribution in [0.2, 0.25) is 13.1 Å². The van der Waals surface area contributed by atoms with E-state index in [0.29, 0.717) is 0 Å². The molecule has 0 aliphatic rings. The smallest absolute Gasteiger partial charge is 0.133 e. The van der Waals surface area contributed by atoms with Gasteiger partial charge in [0.15, 0.2) is 0 Å². The molecule has 2 aromatic rings. The van der Waals surface area contributed by atoms with Gasteiger partial charge in [0.2, 0.25) is 0 Å². The molecule has 0 aliphatic heterocycles. The fourth-order valence-corrected chi connectivity index (χ4v) is 2.74. The Bertz CT molecular complexity index is 404. The van der Waals surface area contributed by atoms with Crippen LogP contribution >= 0.6 is 0 Å². The van der Waals surface area contributed by atoms with Gasteiger partial charge in [0, 0.05) is 5.56 Å². The zero-order valence-electron chi connectivity index (χ0n) is 8.45. The van der Waals surface area contributed by atoms with Crippen molar-refractivity contribution in [3.05, 3.63) is 42.7 Å². The van der Waals surface area contributed by atoms with Crippen molar-refractivity contribution in [3.63, 3.8) is 0 Å². The average molecular weight is 201 g/mol. The van der Waals surface area contributed by atoms with Crippen LogP contribution in [0.5, 0.6) is 0 Å². The van der Waals surface area contributed by atoms with E-state index in [1.54, 1.807) is 6.26 Å². The molecule has 1 radical (unpaired) electrons. The highest BCUT2D eigenvalue weighted by molar-refractivity contribution is 6.72.